The third kappa shape index (κ3) is 3.96. The second-order valence-corrected chi connectivity index (χ2v) is 5.52. The molecular formula is C7H18AlLiO3S. The van der Waals surface area contributed by atoms with Crippen molar-refractivity contribution in [2.45, 2.75) is 25.0 Å². The maximum absolute atomic E-state index is 11.3. The summed E-state index contributed by atoms with van der Waals surface area (Å²) in [6, 6.07) is 0. The van der Waals surface area contributed by atoms with Crippen LogP contribution >= 0.6 is 0 Å². The molecule has 1 aliphatic heterocycles. The van der Waals surface area contributed by atoms with Gasteiger partial charge in [-0.2, -0.15) is 0 Å². The van der Waals surface area contributed by atoms with Crippen LogP contribution in [0.4, 0.5) is 0 Å². The van der Waals surface area contributed by atoms with Crippen LogP contribution in [-0.4, -0.2) is 48.5 Å². The molecule has 0 aromatic rings. The van der Waals surface area contributed by atoms with Crippen molar-refractivity contribution in [2.75, 3.05) is 12.4 Å². The molecule has 0 amide bonds. The minimum absolute atomic E-state index is 0. The van der Waals surface area contributed by atoms with Crippen LogP contribution in [0.2, 0.25) is 0 Å². The Labute approximate surface area is 104 Å². The summed E-state index contributed by atoms with van der Waals surface area (Å²) >= 11 is 0. The normalized spacial score (nSPS) is 30.3. The fraction of sp³-hybridized carbons (Fsp3) is 1.00. The molecule has 0 aromatic carbocycles. The molecule has 1 N–H and O–H groups in total. The Kier molecular flexibility index (Phi) is 8.25. The van der Waals surface area contributed by atoms with Gasteiger partial charge in [-0.3, -0.25) is 0 Å². The first kappa shape index (κ1) is 16.5. The van der Waals surface area contributed by atoms with E-state index in [2.05, 4.69) is 0 Å². The standard InChI is InChI=1S/C7H14O3S.Al.Li.4H/c1-6-3-5-11(9,10)7(6)2-4-8;;;;;;/h6-8H,2-5H2,1H3;;;;;;/q;;+1;;;;-1. The molecule has 13 heavy (non-hydrogen) atoms. The largest absolute Gasteiger partial charge is 1.00 e. The Morgan fingerprint density at radius 1 is 1.54 bits per heavy atom. The number of sulfone groups is 1. The number of rotatable bonds is 2. The second kappa shape index (κ2) is 6.51. The topological polar surface area (TPSA) is 54.4 Å². The maximum atomic E-state index is 11.3. The Hall–Kier alpha value is 1.04. The average Bonchev–Trinajstić information content (AvgIpc) is 2.16. The summed E-state index contributed by atoms with van der Waals surface area (Å²) in [4.78, 5) is 0. The van der Waals surface area contributed by atoms with Gasteiger partial charge in [-0.05, 0) is 18.8 Å². The van der Waals surface area contributed by atoms with Gasteiger partial charge in [0, 0.05) is 6.61 Å². The molecule has 1 aliphatic rings. The van der Waals surface area contributed by atoms with E-state index in [-0.39, 0.29) is 55.4 Å². The molecule has 1 rings (SSSR count). The van der Waals surface area contributed by atoms with Crippen molar-refractivity contribution < 1.29 is 33.8 Å². The number of aliphatic hydroxyl groups is 1. The Morgan fingerprint density at radius 3 is 2.38 bits per heavy atom. The summed E-state index contributed by atoms with van der Waals surface area (Å²) in [5.41, 5.74) is 0. The number of hydrogen-bond donors (Lipinski definition) is 1. The summed E-state index contributed by atoms with van der Waals surface area (Å²) in [6.45, 7) is 1.92. The van der Waals surface area contributed by atoms with Crippen molar-refractivity contribution in [3.63, 3.8) is 0 Å². The molecular weight excluding hydrogens is 198 g/mol. The van der Waals surface area contributed by atoms with Crippen LogP contribution in [0.1, 0.15) is 21.2 Å². The molecule has 1 fully saturated rings. The second-order valence-electron chi connectivity index (χ2n) is 3.18. The molecule has 1 heterocycles. The molecule has 0 saturated carbocycles. The Bertz CT molecular complexity index is 235. The van der Waals surface area contributed by atoms with E-state index < -0.39 is 9.84 Å². The van der Waals surface area contributed by atoms with Crippen molar-refractivity contribution in [1.82, 2.24) is 0 Å². The monoisotopic (exact) mass is 216 g/mol. The average molecular weight is 216 g/mol. The van der Waals surface area contributed by atoms with E-state index in [1.165, 1.54) is 0 Å². The van der Waals surface area contributed by atoms with Crippen molar-refractivity contribution in [2.24, 2.45) is 5.92 Å². The molecule has 2 unspecified atom stereocenters. The fourth-order valence-corrected chi connectivity index (χ4v) is 3.94. The van der Waals surface area contributed by atoms with Crippen molar-refractivity contribution >= 4 is 27.2 Å². The minimum Gasteiger partial charge on any atom is -1.00 e. The molecule has 0 aliphatic carbocycles. The predicted molar refractivity (Wildman–Crippen MR) is 54.1 cm³/mol. The van der Waals surface area contributed by atoms with Crippen LogP contribution in [0.15, 0.2) is 0 Å². The van der Waals surface area contributed by atoms with E-state index in [0.717, 1.165) is 6.42 Å². The van der Waals surface area contributed by atoms with Crippen LogP contribution in [0.25, 0.3) is 0 Å². The summed E-state index contributed by atoms with van der Waals surface area (Å²) in [5.74, 6) is 0.533. The van der Waals surface area contributed by atoms with Crippen LogP contribution in [0.5, 0.6) is 0 Å². The van der Waals surface area contributed by atoms with Gasteiger partial charge in [0.1, 0.15) is 0 Å². The number of aliphatic hydroxyl groups excluding tert-OH is 1. The zero-order valence-corrected chi connectivity index (χ0v) is 8.47. The zero-order valence-electron chi connectivity index (χ0n) is 8.66. The van der Waals surface area contributed by atoms with Gasteiger partial charge in [0.05, 0.1) is 11.0 Å². The molecule has 2 atom stereocenters. The molecule has 0 bridgehead atoms. The smallest absolute Gasteiger partial charge is 1.00 e. The quantitative estimate of drug-likeness (QED) is 0.480. The van der Waals surface area contributed by atoms with Crippen LogP contribution in [0.3, 0.4) is 0 Å². The third-order valence-electron chi connectivity index (χ3n) is 2.37. The summed E-state index contributed by atoms with van der Waals surface area (Å²) in [6.07, 6.45) is 1.16. The van der Waals surface area contributed by atoms with Gasteiger partial charge >= 0.3 is 18.9 Å². The molecule has 3 nitrogen and oxygen atoms in total. The van der Waals surface area contributed by atoms with E-state index in [9.17, 15) is 8.42 Å². The summed E-state index contributed by atoms with van der Waals surface area (Å²) < 4.78 is 22.5. The summed E-state index contributed by atoms with van der Waals surface area (Å²) in [7, 11) is -2.86. The van der Waals surface area contributed by atoms with Crippen LogP contribution < -0.4 is 18.9 Å². The van der Waals surface area contributed by atoms with Crippen molar-refractivity contribution in [3.8, 4) is 0 Å². The maximum Gasteiger partial charge on any atom is 1.00 e. The van der Waals surface area contributed by atoms with Gasteiger partial charge in [0.15, 0.2) is 27.2 Å². The zero-order chi connectivity index (χ0) is 8.48. The van der Waals surface area contributed by atoms with Gasteiger partial charge in [0.25, 0.3) is 0 Å². The SMILES string of the molecule is CC1CCS(=O)(=O)C1CCO.[AlH3].[H-].[Li+]. The fourth-order valence-electron chi connectivity index (χ4n) is 1.63. The summed E-state index contributed by atoms with van der Waals surface area (Å²) in [5, 5.41) is 8.33. The van der Waals surface area contributed by atoms with Crippen LogP contribution in [-0.2, 0) is 9.84 Å². The Balaban J connectivity index is -0.000000403. The molecule has 74 valence electrons. The molecule has 0 radical (unpaired) electrons. The first-order valence-electron chi connectivity index (χ1n) is 3.90. The van der Waals surface area contributed by atoms with E-state index >= 15 is 0 Å². The van der Waals surface area contributed by atoms with E-state index in [4.69, 9.17) is 5.11 Å². The van der Waals surface area contributed by atoms with Gasteiger partial charge in [0.2, 0.25) is 0 Å². The van der Waals surface area contributed by atoms with E-state index in [1.807, 2.05) is 6.92 Å². The number of hydrogen-bond acceptors (Lipinski definition) is 3. The van der Waals surface area contributed by atoms with Gasteiger partial charge in [-0.1, -0.05) is 6.92 Å². The van der Waals surface area contributed by atoms with Crippen LogP contribution in [0, 0.1) is 5.92 Å². The molecule has 1 saturated heterocycles. The van der Waals surface area contributed by atoms with Gasteiger partial charge in [-0.25, -0.2) is 8.42 Å². The molecule has 0 spiro atoms. The Morgan fingerprint density at radius 2 is 2.08 bits per heavy atom. The van der Waals surface area contributed by atoms with Crippen molar-refractivity contribution in [1.29, 1.82) is 0 Å². The third-order valence-corrected chi connectivity index (χ3v) is 4.79. The predicted octanol–water partition coefficient (Wildman–Crippen LogP) is -3.88. The van der Waals surface area contributed by atoms with Gasteiger partial charge in [-0.15, -0.1) is 0 Å². The first-order chi connectivity index (χ1) is 5.08. The van der Waals surface area contributed by atoms with Gasteiger partial charge < -0.3 is 6.53 Å². The molecule has 6 heteroatoms. The minimum atomic E-state index is -2.86. The van der Waals surface area contributed by atoms with E-state index in [1.54, 1.807) is 0 Å². The van der Waals surface area contributed by atoms with Crippen molar-refractivity contribution in [3.05, 3.63) is 0 Å². The first-order valence-corrected chi connectivity index (χ1v) is 5.62. The molecule has 0 aromatic heterocycles. The van der Waals surface area contributed by atoms with E-state index in [0.29, 0.717) is 12.2 Å².